The molecule has 0 fully saturated rings. The summed E-state index contributed by atoms with van der Waals surface area (Å²) < 4.78 is 5.11. The van der Waals surface area contributed by atoms with Crippen LogP contribution in [0, 0.1) is 5.92 Å². The quantitative estimate of drug-likeness (QED) is 0.638. The average Bonchev–Trinajstić information content (AvgIpc) is 2.62. The maximum Gasteiger partial charge on any atom is 0.408 e. The van der Waals surface area contributed by atoms with Crippen molar-refractivity contribution in [2.75, 3.05) is 0 Å². The number of hydroxylamine groups is 1. The third-order valence-electron chi connectivity index (χ3n) is 3.48. The number of carbonyl (C=O) groups excluding carboxylic acids is 4. The van der Waals surface area contributed by atoms with Gasteiger partial charge in [-0.15, -0.1) is 0 Å². The van der Waals surface area contributed by atoms with Gasteiger partial charge in [0.05, 0.1) is 6.42 Å². The third-order valence-corrected chi connectivity index (χ3v) is 3.48. The molecule has 0 saturated carbocycles. The van der Waals surface area contributed by atoms with E-state index in [2.05, 4.69) is 10.2 Å². The highest BCUT2D eigenvalue weighted by atomic mass is 16.7. The minimum atomic E-state index is -0.922. The van der Waals surface area contributed by atoms with Crippen molar-refractivity contribution in [3.05, 3.63) is 35.9 Å². The number of ether oxygens (including phenoxy) is 1. The molecule has 0 saturated heterocycles. The molecule has 0 aliphatic rings. The number of benzene rings is 1. The van der Waals surface area contributed by atoms with Gasteiger partial charge in [-0.25, -0.2) is 9.59 Å². The number of ketones is 1. The summed E-state index contributed by atoms with van der Waals surface area (Å²) in [5.74, 6) is -1.45. The van der Waals surface area contributed by atoms with Gasteiger partial charge in [0.15, 0.2) is 0 Å². The van der Waals surface area contributed by atoms with Gasteiger partial charge >= 0.3 is 12.1 Å². The third kappa shape index (κ3) is 9.98. The Hall–Kier alpha value is -2.90. The Balaban J connectivity index is 2.50. The van der Waals surface area contributed by atoms with E-state index in [-0.39, 0.29) is 31.1 Å². The Kier molecular flexibility index (Phi) is 9.57. The number of carbonyl (C=O) groups is 4. The van der Waals surface area contributed by atoms with E-state index in [9.17, 15) is 19.2 Å². The number of rotatable bonds is 9. The van der Waals surface area contributed by atoms with Gasteiger partial charge in [0, 0.05) is 6.42 Å². The van der Waals surface area contributed by atoms with Gasteiger partial charge in [-0.05, 0) is 24.8 Å². The fourth-order valence-electron chi connectivity index (χ4n) is 2.12. The van der Waals surface area contributed by atoms with Crippen LogP contribution in [0.25, 0.3) is 0 Å². The van der Waals surface area contributed by atoms with Crippen LogP contribution in [0.2, 0.25) is 0 Å². The first kappa shape index (κ1) is 22.1. The molecule has 1 rings (SSSR count). The maximum atomic E-state index is 12.2. The van der Waals surface area contributed by atoms with Gasteiger partial charge in [0.1, 0.15) is 18.4 Å². The summed E-state index contributed by atoms with van der Waals surface area (Å²) in [7, 11) is 0. The van der Waals surface area contributed by atoms with Crippen LogP contribution in [-0.2, 0) is 30.6 Å². The maximum absolute atomic E-state index is 12.2. The fourth-order valence-corrected chi connectivity index (χ4v) is 2.12. The van der Waals surface area contributed by atoms with Crippen LogP contribution in [0.15, 0.2) is 30.3 Å². The minimum Gasteiger partial charge on any atom is -0.445 e. The zero-order valence-electron chi connectivity index (χ0n) is 15.8. The molecular weight excluding hydrogens is 352 g/mol. The number of Topliss-reactive ketones (excluding diaryl/α,β-unsaturated/α-hetero) is 1. The Labute approximate surface area is 158 Å². The smallest absolute Gasteiger partial charge is 0.408 e. The van der Waals surface area contributed by atoms with Crippen molar-refractivity contribution in [3.8, 4) is 0 Å². The summed E-state index contributed by atoms with van der Waals surface area (Å²) in [5.41, 5.74) is 2.84. The van der Waals surface area contributed by atoms with Gasteiger partial charge in [0.25, 0.3) is 5.91 Å². The Morgan fingerprint density at radius 2 is 1.70 bits per heavy atom. The zero-order valence-corrected chi connectivity index (χ0v) is 15.8. The molecule has 0 spiro atoms. The van der Waals surface area contributed by atoms with E-state index in [1.54, 1.807) is 0 Å². The highest BCUT2D eigenvalue weighted by molar-refractivity contribution is 5.86. The SMILES string of the molecule is CC(=O)CCC(=O)ONC(=O)C(CC(C)C)NC(=O)OCc1ccccc1. The van der Waals surface area contributed by atoms with Crippen LogP contribution in [0.5, 0.6) is 0 Å². The van der Waals surface area contributed by atoms with Crippen molar-refractivity contribution in [2.45, 2.75) is 52.7 Å². The Morgan fingerprint density at radius 1 is 1.04 bits per heavy atom. The van der Waals surface area contributed by atoms with Crippen LogP contribution in [0.4, 0.5) is 4.79 Å². The first-order chi connectivity index (χ1) is 12.8. The number of hydrogen-bond acceptors (Lipinski definition) is 6. The summed E-state index contributed by atoms with van der Waals surface area (Å²) >= 11 is 0. The molecule has 1 unspecified atom stereocenters. The summed E-state index contributed by atoms with van der Waals surface area (Å²) in [6, 6.07) is 8.20. The van der Waals surface area contributed by atoms with Crippen molar-refractivity contribution < 1.29 is 28.8 Å². The molecule has 27 heavy (non-hydrogen) atoms. The molecule has 0 aliphatic carbocycles. The van der Waals surface area contributed by atoms with E-state index < -0.39 is 24.0 Å². The normalized spacial score (nSPS) is 11.4. The second-order valence-electron chi connectivity index (χ2n) is 6.53. The second-order valence-corrected chi connectivity index (χ2v) is 6.53. The average molecular weight is 378 g/mol. The van der Waals surface area contributed by atoms with Crippen molar-refractivity contribution in [3.63, 3.8) is 0 Å². The van der Waals surface area contributed by atoms with Gasteiger partial charge in [0.2, 0.25) is 0 Å². The van der Waals surface area contributed by atoms with Gasteiger partial charge in [-0.2, -0.15) is 5.48 Å². The molecule has 2 N–H and O–H groups in total. The molecule has 148 valence electrons. The first-order valence-corrected chi connectivity index (χ1v) is 8.74. The van der Waals surface area contributed by atoms with E-state index in [1.165, 1.54) is 6.92 Å². The standard InChI is InChI=1S/C19H26N2O6/c1-13(2)11-16(18(24)21-27-17(23)10-9-14(3)22)20-19(25)26-12-15-7-5-4-6-8-15/h4-8,13,16H,9-12H2,1-3H3,(H,20,25)(H,21,24). The summed E-state index contributed by atoms with van der Waals surface area (Å²) in [5, 5.41) is 2.47. The zero-order chi connectivity index (χ0) is 20.2. The lowest BCUT2D eigenvalue weighted by atomic mass is 10.0. The summed E-state index contributed by atoms with van der Waals surface area (Å²) in [6.07, 6.45) is -0.509. The molecule has 1 atom stereocenters. The summed E-state index contributed by atoms with van der Waals surface area (Å²) in [4.78, 5) is 51.1. The monoisotopic (exact) mass is 378 g/mol. The molecule has 0 radical (unpaired) electrons. The molecule has 0 aromatic heterocycles. The lowest BCUT2D eigenvalue weighted by Gasteiger charge is -2.19. The van der Waals surface area contributed by atoms with Crippen LogP contribution in [0.1, 0.15) is 45.6 Å². The molecule has 8 heteroatoms. The largest absolute Gasteiger partial charge is 0.445 e. The molecule has 0 bridgehead atoms. The number of amides is 2. The molecule has 0 aliphatic heterocycles. The van der Waals surface area contributed by atoms with E-state index in [1.807, 2.05) is 49.7 Å². The van der Waals surface area contributed by atoms with Crippen LogP contribution >= 0.6 is 0 Å². The highest BCUT2D eigenvalue weighted by Gasteiger charge is 2.24. The van der Waals surface area contributed by atoms with E-state index >= 15 is 0 Å². The van der Waals surface area contributed by atoms with Crippen LogP contribution in [-0.4, -0.2) is 29.8 Å². The van der Waals surface area contributed by atoms with E-state index in [0.717, 1.165) is 5.56 Å². The summed E-state index contributed by atoms with van der Waals surface area (Å²) in [6.45, 7) is 5.20. The molecule has 1 aromatic carbocycles. The number of hydrogen-bond donors (Lipinski definition) is 2. The van der Waals surface area contributed by atoms with Gasteiger partial charge < -0.3 is 19.7 Å². The van der Waals surface area contributed by atoms with Crippen molar-refractivity contribution >= 4 is 23.8 Å². The Bertz CT molecular complexity index is 645. The highest BCUT2D eigenvalue weighted by Crippen LogP contribution is 2.07. The topological polar surface area (TPSA) is 111 Å². The molecule has 0 heterocycles. The van der Waals surface area contributed by atoms with Crippen LogP contribution in [0.3, 0.4) is 0 Å². The number of nitrogens with one attached hydrogen (secondary N) is 2. The molecule has 1 aromatic rings. The molecular formula is C19H26N2O6. The second kappa shape index (κ2) is 11.7. The van der Waals surface area contributed by atoms with E-state index in [0.29, 0.717) is 6.42 Å². The molecule has 8 nitrogen and oxygen atoms in total. The lowest BCUT2D eigenvalue weighted by Crippen LogP contribution is -2.48. The first-order valence-electron chi connectivity index (χ1n) is 8.74. The van der Waals surface area contributed by atoms with Crippen molar-refractivity contribution in [1.82, 2.24) is 10.8 Å². The van der Waals surface area contributed by atoms with Crippen molar-refractivity contribution in [2.24, 2.45) is 5.92 Å². The van der Waals surface area contributed by atoms with Crippen molar-refractivity contribution in [1.29, 1.82) is 0 Å². The van der Waals surface area contributed by atoms with Gasteiger partial charge in [-0.1, -0.05) is 44.2 Å². The number of alkyl carbamates (subject to hydrolysis) is 1. The Morgan fingerprint density at radius 3 is 2.30 bits per heavy atom. The van der Waals surface area contributed by atoms with E-state index in [4.69, 9.17) is 4.74 Å². The van der Waals surface area contributed by atoms with Gasteiger partial charge in [-0.3, -0.25) is 4.79 Å². The van der Waals surface area contributed by atoms with Crippen LogP contribution < -0.4 is 10.8 Å². The predicted molar refractivity (Wildman–Crippen MR) is 97.2 cm³/mol. The minimum absolute atomic E-state index is 0.0359. The lowest BCUT2D eigenvalue weighted by molar-refractivity contribution is -0.159. The predicted octanol–water partition coefficient (Wildman–Crippen LogP) is 2.27. The fraction of sp³-hybridized carbons (Fsp3) is 0.474. The molecule has 2 amide bonds.